The van der Waals surface area contributed by atoms with Gasteiger partial charge in [0.2, 0.25) is 5.91 Å². The lowest BCUT2D eigenvalue weighted by molar-refractivity contribution is -0.119. The number of carbonyl (C=O) groups excluding carboxylic acids is 1. The number of carbonyl (C=O) groups is 1. The second-order valence-corrected chi connectivity index (χ2v) is 4.97. The second-order valence-electron chi connectivity index (χ2n) is 4.97. The number of primary amides is 1. The largest absolute Gasteiger partial charge is 0.368 e. The monoisotopic (exact) mass is 232 g/mol. The molecule has 0 aromatic heterocycles. The summed E-state index contributed by atoms with van der Waals surface area (Å²) in [5.74, 6) is -0.242. The van der Waals surface area contributed by atoms with Crippen molar-refractivity contribution >= 4 is 5.91 Å². The van der Waals surface area contributed by atoms with E-state index in [2.05, 4.69) is 38.2 Å². The molecule has 17 heavy (non-hydrogen) atoms. The summed E-state index contributed by atoms with van der Waals surface area (Å²) in [7, 11) is 0. The van der Waals surface area contributed by atoms with Crippen molar-refractivity contribution in [3.05, 3.63) is 34.4 Å². The molecule has 3 heteroatoms. The van der Waals surface area contributed by atoms with Crippen molar-refractivity contribution in [3.8, 4) is 0 Å². The van der Waals surface area contributed by atoms with Gasteiger partial charge in [-0.3, -0.25) is 10.1 Å². The van der Waals surface area contributed by atoms with Gasteiger partial charge in [-0.2, -0.15) is 0 Å². The van der Waals surface area contributed by atoms with Crippen molar-refractivity contribution in [2.45, 2.75) is 45.7 Å². The van der Waals surface area contributed by atoms with E-state index in [0.717, 1.165) is 12.8 Å². The number of hydrogen-bond acceptors (Lipinski definition) is 2. The van der Waals surface area contributed by atoms with Gasteiger partial charge in [-0.15, -0.1) is 0 Å². The Morgan fingerprint density at radius 1 is 1.24 bits per heavy atom. The molecular formula is C14H20N2O. The van der Waals surface area contributed by atoms with Crippen LogP contribution in [0.3, 0.4) is 0 Å². The van der Waals surface area contributed by atoms with Gasteiger partial charge in [0.15, 0.2) is 0 Å². The van der Waals surface area contributed by atoms with Crippen LogP contribution in [0.25, 0.3) is 0 Å². The Morgan fingerprint density at radius 3 is 2.53 bits per heavy atom. The molecular weight excluding hydrogens is 212 g/mol. The Hall–Kier alpha value is -1.35. The molecule has 0 bridgehead atoms. The van der Waals surface area contributed by atoms with Crippen molar-refractivity contribution in [1.29, 1.82) is 0 Å². The smallest absolute Gasteiger partial charge is 0.234 e. The maximum absolute atomic E-state index is 11.1. The number of nitrogens with two attached hydrogens (primary N) is 1. The van der Waals surface area contributed by atoms with E-state index < -0.39 is 0 Å². The van der Waals surface area contributed by atoms with E-state index in [1.54, 1.807) is 0 Å². The molecule has 0 spiro atoms. The Kier molecular flexibility index (Phi) is 3.20. The fourth-order valence-corrected chi connectivity index (χ4v) is 2.57. The normalized spacial score (nSPS) is 23.9. The van der Waals surface area contributed by atoms with Crippen LogP contribution in [0.4, 0.5) is 0 Å². The lowest BCUT2D eigenvalue weighted by Gasteiger charge is -2.18. The number of rotatable bonds is 2. The summed E-state index contributed by atoms with van der Waals surface area (Å²) in [6.07, 6.45) is 1.82. The van der Waals surface area contributed by atoms with Crippen LogP contribution < -0.4 is 11.1 Å². The van der Waals surface area contributed by atoms with E-state index in [1.807, 2.05) is 0 Å². The summed E-state index contributed by atoms with van der Waals surface area (Å²) in [6, 6.07) is 4.42. The van der Waals surface area contributed by atoms with E-state index in [9.17, 15) is 4.79 Å². The fraction of sp³-hybridized carbons (Fsp3) is 0.500. The van der Waals surface area contributed by atoms with Crippen LogP contribution in [0.15, 0.2) is 12.1 Å². The average Bonchev–Trinajstić information content (AvgIpc) is 2.75. The molecule has 2 unspecified atom stereocenters. The first-order chi connectivity index (χ1) is 8.00. The molecule has 1 saturated heterocycles. The minimum absolute atomic E-state index is 0.166. The first-order valence-corrected chi connectivity index (χ1v) is 6.12. The summed E-state index contributed by atoms with van der Waals surface area (Å²) < 4.78 is 0. The number of nitrogens with one attached hydrogen (secondary N) is 1. The summed E-state index contributed by atoms with van der Waals surface area (Å²) >= 11 is 0. The third kappa shape index (κ3) is 2.20. The second kappa shape index (κ2) is 4.49. The zero-order chi connectivity index (χ0) is 12.6. The highest BCUT2D eigenvalue weighted by Crippen LogP contribution is 2.30. The molecule has 1 fully saturated rings. The van der Waals surface area contributed by atoms with Gasteiger partial charge >= 0.3 is 0 Å². The lowest BCUT2D eigenvalue weighted by Crippen LogP contribution is -2.37. The van der Waals surface area contributed by atoms with Crippen molar-refractivity contribution in [2.75, 3.05) is 0 Å². The van der Waals surface area contributed by atoms with Crippen LogP contribution >= 0.6 is 0 Å². The van der Waals surface area contributed by atoms with Gasteiger partial charge < -0.3 is 5.73 Å². The van der Waals surface area contributed by atoms with Crippen LogP contribution in [0, 0.1) is 20.8 Å². The molecule has 1 amide bonds. The molecule has 0 saturated carbocycles. The quantitative estimate of drug-likeness (QED) is 0.818. The van der Waals surface area contributed by atoms with E-state index in [-0.39, 0.29) is 18.0 Å². The lowest BCUT2D eigenvalue weighted by atomic mass is 9.94. The van der Waals surface area contributed by atoms with Crippen LogP contribution in [0.5, 0.6) is 0 Å². The number of amides is 1. The van der Waals surface area contributed by atoms with Crippen LogP contribution in [-0.4, -0.2) is 11.9 Å². The first kappa shape index (κ1) is 12.1. The Labute approximate surface area is 102 Å². The molecule has 0 aliphatic carbocycles. The van der Waals surface area contributed by atoms with Crippen molar-refractivity contribution < 1.29 is 4.79 Å². The van der Waals surface area contributed by atoms with Gasteiger partial charge in [0.25, 0.3) is 0 Å². The van der Waals surface area contributed by atoms with Crippen molar-refractivity contribution in [2.24, 2.45) is 5.73 Å². The van der Waals surface area contributed by atoms with E-state index in [4.69, 9.17) is 5.73 Å². The molecule has 3 nitrogen and oxygen atoms in total. The van der Waals surface area contributed by atoms with E-state index in [1.165, 1.54) is 22.3 Å². The summed E-state index contributed by atoms with van der Waals surface area (Å²) in [5.41, 5.74) is 10.6. The minimum atomic E-state index is -0.242. The highest BCUT2D eigenvalue weighted by Gasteiger charge is 2.29. The zero-order valence-electron chi connectivity index (χ0n) is 10.7. The van der Waals surface area contributed by atoms with Crippen LogP contribution in [-0.2, 0) is 4.79 Å². The van der Waals surface area contributed by atoms with Gasteiger partial charge in [-0.1, -0.05) is 12.1 Å². The molecule has 1 aromatic carbocycles. The summed E-state index contributed by atoms with van der Waals surface area (Å²) in [6.45, 7) is 6.42. The van der Waals surface area contributed by atoms with Gasteiger partial charge in [-0.25, -0.2) is 0 Å². The predicted octanol–water partition coefficient (Wildman–Crippen LogP) is 1.89. The van der Waals surface area contributed by atoms with Crippen molar-refractivity contribution in [1.82, 2.24) is 5.32 Å². The summed E-state index contributed by atoms with van der Waals surface area (Å²) in [5, 5.41) is 3.32. The van der Waals surface area contributed by atoms with E-state index in [0.29, 0.717) is 0 Å². The first-order valence-electron chi connectivity index (χ1n) is 6.12. The number of benzene rings is 1. The van der Waals surface area contributed by atoms with Gasteiger partial charge in [0.1, 0.15) is 0 Å². The SMILES string of the molecule is Cc1ccc(C2CCC(C(N)=O)N2)c(C)c1C. The molecule has 3 N–H and O–H groups in total. The molecule has 1 aliphatic heterocycles. The molecule has 1 aliphatic rings. The van der Waals surface area contributed by atoms with Crippen LogP contribution in [0.2, 0.25) is 0 Å². The third-order valence-corrected chi connectivity index (χ3v) is 3.97. The topological polar surface area (TPSA) is 55.1 Å². The maximum atomic E-state index is 11.1. The summed E-state index contributed by atoms with van der Waals surface area (Å²) in [4.78, 5) is 11.1. The zero-order valence-corrected chi connectivity index (χ0v) is 10.7. The van der Waals surface area contributed by atoms with Crippen LogP contribution in [0.1, 0.15) is 41.1 Å². The number of aryl methyl sites for hydroxylation is 1. The highest BCUT2D eigenvalue weighted by atomic mass is 16.1. The van der Waals surface area contributed by atoms with Gasteiger partial charge in [-0.05, 0) is 55.9 Å². The predicted molar refractivity (Wildman–Crippen MR) is 68.7 cm³/mol. The van der Waals surface area contributed by atoms with Gasteiger partial charge in [0, 0.05) is 6.04 Å². The minimum Gasteiger partial charge on any atom is -0.368 e. The third-order valence-electron chi connectivity index (χ3n) is 3.97. The van der Waals surface area contributed by atoms with Crippen molar-refractivity contribution in [3.63, 3.8) is 0 Å². The molecule has 1 aromatic rings. The molecule has 2 rings (SSSR count). The number of hydrogen-bond donors (Lipinski definition) is 2. The molecule has 0 radical (unpaired) electrons. The molecule has 2 atom stereocenters. The standard InChI is InChI=1S/C14H20N2O/c1-8-4-5-11(10(3)9(8)2)12-6-7-13(16-12)14(15)17/h4-5,12-13,16H,6-7H2,1-3H3,(H2,15,17). The fourth-order valence-electron chi connectivity index (χ4n) is 2.57. The molecule has 1 heterocycles. The van der Waals surface area contributed by atoms with E-state index >= 15 is 0 Å². The average molecular weight is 232 g/mol. The maximum Gasteiger partial charge on any atom is 0.234 e. The Bertz CT molecular complexity index is 454. The molecule has 92 valence electrons. The van der Waals surface area contributed by atoms with Gasteiger partial charge in [0.05, 0.1) is 6.04 Å². The Balaban J connectivity index is 2.25. The Morgan fingerprint density at radius 2 is 1.94 bits per heavy atom. The highest BCUT2D eigenvalue weighted by molar-refractivity contribution is 5.80.